The highest BCUT2D eigenvalue weighted by Crippen LogP contribution is 2.45. The lowest BCUT2D eigenvalue weighted by molar-refractivity contribution is -0.117. The van der Waals surface area contributed by atoms with Gasteiger partial charge in [-0.25, -0.2) is 0 Å². The maximum Gasteiger partial charge on any atom is 0.224 e. The summed E-state index contributed by atoms with van der Waals surface area (Å²) in [7, 11) is 5.25. The number of Topliss-reactive ketones (excluding diaryl/α,β-unsaturated/α-hetero) is 1. The van der Waals surface area contributed by atoms with E-state index in [1.165, 1.54) is 19.9 Å². The van der Waals surface area contributed by atoms with Gasteiger partial charge in [0, 0.05) is 24.2 Å². The summed E-state index contributed by atoms with van der Waals surface area (Å²) >= 11 is 0. The first-order chi connectivity index (χ1) is 11.9. The van der Waals surface area contributed by atoms with Gasteiger partial charge in [0.05, 0.1) is 0 Å². The highest BCUT2D eigenvalue weighted by atomic mass is 16.2. The Kier molecular flexibility index (Phi) is 8.26. The molecule has 0 radical (unpaired) electrons. The lowest BCUT2D eigenvalue weighted by Gasteiger charge is -2.41. The van der Waals surface area contributed by atoms with Gasteiger partial charge in [-0.15, -0.1) is 0 Å². The molecule has 5 nitrogen and oxygen atoms in total. The zero-order chi connectivity index (χ0) is 19.1. The third kappa shape index (κ3) is 5.13. The summed E-state index contributed by atoms with van der Waals surface area (Å²) < 4.78 is 0. The van der Waals surface area contributed by atoms with Crippen LogP contribution in [0.4, 0.5) is 5.69 Å². The fourth-order valence-corrected chi connectivity index (χ4v) is 3.58. The van der Waals surface area contributed by atoms with Gasteiger partial charge in [-0.05, 0) is 82.9 Å². The topological polar surface area (TPSA) is 75.4 Å². The molecule has 1 aromatic rings. The third-order valence-corrected chi connectivity index (χ3v) is 4.61. The summed E-state index contributed by atoms with van der Waals surface area (Å²) in [6, 6.07) is 6.10. The zero-order valence-electron chi connectivity index (χ0n) is 16.4. The lowest BCUT2D eigenvalue weighted by Crippen LogP contribution is -2.48. The van der Waals surface area contributed by atoms with Gasteiger partial charge in [0.25, 0.3) is 0 Å². The normalized spacial score (nSPS) is 21.2. The molecule has 1 aliphatic carbocycles. The maximum atomic E-state index is 12.1. The summed E-state index contributed by atoms with van der Waals surface area (Å²) in [6.45, 7) is 5.46. The molecule has 1 amide bonds. The van der Waals surface area contributed by atoms with Gasteiger partial charge in [0.2, 0.25) is 5.91 Å². The summed E-state index contributed by atoms with van der Waals surface area (Å²) in [5, 5.41) is 2.75. The van der Waals surface area contributed by atoms with Gasteiger partial charge < -0.3 is 16.0 Å². The second-order valence-corrected chi connectivity index (χ2v) is 6.80. The second kappa shape index (κ2) is 9.68. The molecule has 1 unspecified atom stereocenters. The number of hydrogen-bond acceptors (Lipinski definition) is 4. The number of nitrogens with two attached hydrogens (primary N) is 1. The average molecular weight is 348 g/mol. The van der Waals surface area contributed by atoms with Crippen LogP contribution < -0.4 is 16.0 Å². The molecule has 25 heavy (non-hydrogen) atoms. The summed E-state index contributed by atoms with van der Waals surface area (Å²) in [5.74, 6) is 1.32. The Morgan fingerprint density at radius 3 is 2.16 bits per heavy atom. The number of carbonyl (C=O) groups excluding carboxylic acids is 2. The standard InChI is InChI=1S/C17H21NO2.C2H7N.CH5N/c1-10-8-15-9-14(11(2)19)6-7-16(15)18(12(3)20)17(10)13-4-5-13;1-3-2;1-2/h6-7,9-10,13,17H,4-5,8H2,1-3H3;3H,1-2H3;2H2,1H3/t10?,17-;;/m1../s1. The van der Waals surface area contributed by atoms with E-state index in [0.717, 1.165) is 23.2 Å². The number of carbonyl (C=O) groups is 2. The molecule has 1 aliphatic heterocycles. The number of rotatable bonds is 2. The molecule has 2 atom stereocenters. The number of hydrogen-bond donors (Lipinski definition) is 2. The van der Waals surface area contributed by atoms with E-state index in [4.69, 9.17) is 0 Å². The first-order valence-corrected chi connectivity index (χ1v) is 9.00. The molecule has 2 aliphatic rings. The fraction of sp³-hybridized carbons (Fsp3) is 0.600. The molecule has 0 spiro atoms. The smallest absolute Gasteiger partial charge is 0.224 e. The molecular formula is C20H33N3O2. The van der Waals surface area contributed by atoms with Crippen molar-refractivity contribution in [2.75, 3.05) is 26.0 Å². The minimum Gasteiger partial charge on any atom is -0.333 e. The predicted octanol–water partition coefficient (Wildman–Crippen LogP) is 2.62. The van der Waals surface area contributed by atoms with Crippen LogP contribution in [0.1, 0.15) is 49.5 Å². The molecule has 3 N–H and O–H groups in total. The quantitative estimate of drug-likeness (QED) is 0.807. The minimum absolute atomic E-state index is 0.0825. The summed E-state index contributed by atoms with van der Waals surface area (Å²) in [6.07, 6.45) is 3.43. The van der Waals surface area contributed by atoms with Gasteiger partial charge in [0.1, 0.15) is 0 Å². The van der Waals surface area contributed by atoms with Crippen molar-refractivity contribution in [1.82, 2.24) is 5.32 Å². The summed E-state index contributed by atoms with van der Waals surface area (Å²) in [4.78, 5) is 25.6. The molecule has 1 aromatic carbocycles. The monoisotopic (exact) mass is 347 g/mol. The van der Waals surface area contributed by atoms with E-state index in [-0.39, 0.29) is 11.7 Å². The molecule has 5 heteroatoms. The highest BCUT2D eigenvalue weighted by Gasteiger charge is 2.43. The number of nitrogens with one attached hydrogen (secondary N) is 1. The van der Waals surface area contributed by atoms with E-state index >= 15 is 0 Å². The van der Waals surface area contributed by atoms with E-state index in [9.17, 15) is 9.59 Å². The molecular weight excluding hydrogens is 314 g/mol. The van der Waals surface area contributed by atoms with E-state index in [0.29, 0.717) is 17.9 Å². The van der Waals surface area contributed by atoms with Gasteiger partial charge in [-0.3, -0.25) is 9.59 Å². The number of nitrogens with zero attached hydrogens (tertiary/aromatic N) is 1. The van der Waals surface area contributed by atoms with Crippen molar-refractivity contribution in [1.29, 1.82) is 0 Å². The number of benzene rings is 1. The molecule has 140 valence electrons. The number of amides is 1. The van der Waals surface area contributed by atoms with Crippen LogP contribution in [0.5, 0.6) is 0 Å². The Balaban J connectivity index is 0.000000567. The van der Waals surface area contributed by atoms with Crippen LogP contribution in [-0.4, -0.2) is 38.9 Å². The lowest BCUT2D eigenvalue weighted by atomic mass is 9.83. The Morgan fingerprint density at radius 1 is 1.16 bits per heavy atom. The number of fused-ring (bicyclic) bond motifs is 1. The first-order valence-electron chi connectivity index (χ1n) is 9.00. The average Bonchev–Trinajstić information content (AvgIpc) is 3.40. The molecule has 1 saturated carbocycles. The maximum absolute atomic E-state index is 12.1. The molecule has 1 heterocycles. The molecule has 0 aromatic heterocycles. The van der Waals surface area contributed by atoms with Crippen LogP contribution in [0.3, 0.4) is 0 Å². The van der Waals surface area contributed by atoms with Crippen molar-refractivity contribution in [3.63, 3.8) is 0 Å². The van der Waals surface area contributed by atoms with Crippen molar-refractivity contribution >= 4 is 17.4 Å². The largest absolute Gasteiger partial charge is 0.333 e. The molecule has 0 bridgehead atoms. The predicted molar refractivity (Wildman–Crippen MR) is 104 cm³/mol. The number of anilines is 1. The van der Waals surface area contributed by atoms with Crippen molar-refractivity contribution in [2.24, 2.45) is 17.6 Å². The Morgan fingerprint density at radius 2 is 1.72 bits per heavy atom. The van der Waals surface area contributed by atoms with E-state index in [2.05, 4.69) is 18.0 Å². The van der Waals surface area contributed by atoms with Crippen LogP contribution in [0.15, 0.2) is 18.2 Å². The Labute approximate surface area is 152 Å². The second-order valence-electron chi connectivity index (χ2n) is 6.80. The van der Waals surface area contributed by atoms with Crippen molar-refractivity contribution in [2.45, 2.75) is 46.1 Å². The Bertz CT molecular complexity index is 597. The van der Waals surface area contributed by atoms with Crippen LogP contribution in [0.25, 0.3) is 0 Å². The van der Waals surface area contributed by atoms with Crippen LogP contribution in [0.2, 0.25) is 0 Å². The van der Waals surface area contributed by atoms with Gasteiger partial charge in [-0.2, -0.15) is 0 Å². The SMILES string of the molecule is CC(=O)c1ccc2c(c1)CC(C)[C@H](C1CC1)N2C(C)=O.CN.CNC. The van der Waals surface area contributed by atoms with Crippen LogP contribution >= 0.6 is 0 Å². The van der Waals surface area contributed by atoms with Gasteiger partial charge in [-0.1, -0.05) is 6.92 Å². The van der Waals surface area contributed by atoms with Crippen LogP contribution in [-0.2, 0) is 11.2 Å². The first kappa shape index (κ1) is 21.3. The fourth-order valence-electron chi connectivity index (χ4n) is 3.58. The molecule has 1 fully saturated rings. The van der Waals surface area contributed by atoms with Gasteiger partial charge >= 0.3 is 0 Å². The van der Waals surface area contributed by atoms with E-state index in [1.807, 2.05) is 37.2 Å². The van der Waals surface area contributed by atoms with Crippen molar-refractivity contribution in [3.8, 4) is 0 Å². The molecule has 0 saturated heterocycles. The van der Waals surface area contributed by atoms with Crippen molar-refractivity contribution in [3.05, 3.63) is 29.3 Å². The van der Waals surface area contributed by atoms with Crippen molar-refractivity contribution < 1.29 is 9.59 Å². The summed E-state index contributed by atoms with van der Waals surface area (Å²) in [5.41, 5.74) is 7.39. The Hall–Kier alpha value is -1.72. The van der Waals surface area contributed by atoms with Crippen LogP contribution in [0, 0.1) is 11.8 Å². The van der Waals surface area contributed by atoms with E-state index < -0.39 is 0 Å². The zero-order valence-corrected chi connectivity index (χ0v) is 16.4. The highest BCUT2D eigenvalue weighted by molar-refractivity contribution is 5.97. The minimum atomic E-state index is 0.0825. The van der Waals surface area contributed by atoms with Gasteiger partial charge in [0.15, 0.2) is 5.78 Å². The number of ketones is 1. The molecule has 3 rings (SSSR count). The van der Waals surface area contributed by atoms with E-state index in [1.54, 1.807) is 13.8 Å². The third-order valence-electron chi connectivity index (χ3n) is 4.61.